The molecule has 38 heavy (non-hydrogen) atoms. The second-order valence-corrected chi connectivity index (χ2v) is 9.32. The number of likely N-dealkylation sites (N-methyl/N-ethyl adjacent to an activating group) is 1. The van der Waals surface area contributed by atoms with Gasteiger partial charge < -0.3 is 24.6 Å². The van der Waals surface area contributed by atoms with Gasteiger partial charge in [-0.05, 0) is 18.4 Å². The number of hydrogen-bond donors (Lipinski definition) is 1. The maximum absolute atomic E-state index is 13.4. The van der Waals surface area contributed by atoms with E-state index < -0.39 is 17.5 Å². The topological polar surface area (TPSA) is 118 Å². The number of carbonyl (C=O) groups is 1. The number of alkyl halides is 3. The molecule has 11 nitrogen and oxygen atoms in total. The van der Waals surface area contributed by atoms with Gasteiger partial charge in [0.1, 0.15) is 11.2 Å². The summed E-state index contributed by atoms with van der Waals surface area (Å²) in [6.45, 7) is 1.87. The van der Waals surface area contributed by atoms with Gasteiger partial charge >= 0.3 is 6.18 Å². The quantitative estimate of drug-likeness (QED) is 0.530. The summed E-state index contributed by atoms with van der Waals surface area (Å²) in [4.78, 5) is 37.3. The number of hydrogen-bond acceptors (Lipinski definition) is 10. The zero-order valence-corrected chi connectivity index (χ0v) is 20.3. The van der Waals surface area contributed by atoms with Crippen molar-refractivity contribution in [3.05, 3.63) is 47.8 Å². The molecule has 198 valence electrons. The molecule has 6 heterocycles. The molecule has 1 saturated heterocycles. The Morgan fingerprint density at radius 2 is 1.97 bits per heavy atom. The first-order valence-electron chi connectivity index (χ1n) is 12.0. The average molecular weight is 528 g/mol. The van der Waals surface area contributed by atoms with Crippen LogP contribution in [0.25, 0.3) is 0 Å². The van der Waals surface area contributed by atoms with E-state index in [-0.39, 0.29) is 17.5 Å². The fourth-order valence-corrected chi connectivity index (χ4v) is 4.95. The highest BCUT2D eigenvalue weighted by Crippen LogP contribution is 2.45. The summed E-state index contributed by atoms with van der Waals surface area (Å²) in [5.41, 5.74) is 1.67. The van der Waals surface area contributed by atoms with E-state index in [2.05, 4.69) is 25.3 Å². The molecular formula is C24H23F3N8O3. The highest BCUT2D eigenvalue weighted by molar-refractivity contribution is 6.09. The lowest BCUT2D eigenvalue weighted by Crippen LogP contribution is -2.64. The van der Waals surface area contributed by atoms with Gasteiger partial charge in [0, 0.05) is 45.4 Å². The highest BCUT2D eigenvalue weighted by Gasteiger charge is 2.54. The van der Waals surface area contributed by atoms with Crippen LogP contribution in [0.15, 0.2) is 30.7 Å². The van der Waals surface area contributed by atoms with E-state index in [1.54, 1.807) is 18.3 Å². The summed E-state index contributed by atoms with van der Waals surface area (Å²) in [7, 11) is 1.88. The number of pyridine rings is 1. The number of nitrogens with one attached hydrogen (secondary N) is 1. The summed E-state index contributed by atoms with van der Waals surface area (Å²) in [6.07, 6.45) is 1.03. The predicted molar refractivity (Wildman–Crippen MR) is 128 cm³/mol. The third-order valence-electron chi connectivity index (χ3n) is 6.96. The fraction of sp³-hybridized carbons (Fsp3) is 0.417. The van der Waals surface area contributed by atoms with Crippen LogP contribution in [0, 0.1) is 0 Å². The molecule has 3 aromatic heterocycles. The van der Waals surface area contributed by atoms with Gasteiger partial charge in [0.25, 0.3) is 5.91 Å². The van der Waals surface area contributed by atoms with Gasteiger partial charge in [-0.2, -0.15) is 18.2 Å². The molecule has 1 N–H and O–H groups in total. The minimum atomic E-state index is -4.62. The Kier molecular flexibility index (Phi) is 5.78. The van der Waals surface area contributed by atoms with Gasteiger partial charge in [0.05, 0.1) is 24.7 Å². The highest BCUT2D eigenvalue weighted by atomic mass is 19.4. The van der Waals surface area contributed by atoms with Crippen LogP contribution in [0.5, 0.6) is 11.6 Å². The Labute approximate surface area is 215 Å². The van der Waals surface area contributed by atoms with Gasteiger partial charge in [-0.3, -0.25) is 4.79 Å². The van der Waals surface area contributed by atoms with Crippen LogP contribution in [0.4, 0.5) is 30.6 Å². The number of nitrogens with zero attached hydrogens (tertiary/aromatic N) is 7. The second kappa shape index (κ2) is 9.04. The number of ether oxygens (including phenoxy) is 2. The van der Waals surface area contributed by atoms with Crippen LogP contribution in [0.1, 0.15) is 29.9 Å². The molecule has 0 saturated carbocycles. The predicted octanol–water partition coefficient (Wildman–Crippen LogP) is 2.97. The van der Waals surface area contributed by atoms with Crippen molar-refractivity contribution in [3.8, 4) is 11.6 Å². The molecule has 3 aromatic rings. The molecule has 1 spiro atoms. The van der Waals surface area contributed by atoms with E-state index in [0.717, 1.165) is 42.2 Å². The van der Waals surface area contributed by atoms with Gasteiger partial charge in [0.15, 0.2) is 11.6 Å². The monoisotopic (exact) mass is 528 g/mol. The van der Waals surface area contributed by atoms with E-state index in [1.807, 2.05) is 16.8 Å². The lowest BCUT2D eigenvalue weighted by atomic mass is 9.89. The van der Waals surface area contributed by atoms with E-state index in [4.69, 9.17) is 14.5 Å². The Hall–Kier alpha value is -4.07. The van der Waals surface area contributed by atoms with Crippen LogP contribution in [0.2, 0.25) is 0 Å². The summed E-state index contributed by atoms with van der Waals surface area (Å²) in [5.74, 6) is 0.180. The standard InChI is InChI=1S/C24H23F3N8O3/c1-34-19-18-16(3-2-7-35(18)21(36)23(34)6-8-37-13-23)32-22(33-19)31-10-14-4-5-17(28-9-14)38-15-11-29-20(30-12-15)24(25,26)27/h4-5,9,11-12H,2-3,6-8,10,13H2,1H3,(H,31,32,33)/t23-/m1/s1. The number of halogens is 3. The Bertz CT molecular complexity index is 1360. The SMILES string of the molecule is CN1c2nc(NCc3ccc(Oc4cnc(C(F)(F)F)nc4)nc3)nc3c2N(CCC3)C(=O)[C@]12CCOC2. The van der Waals surface area contributed by atoms with Crippen molar-refractivity contribution >= 4 is 23.4 Å². The molecule has 0 aliphatic carbocycles. The van der Waals surface area contributed by atoms with E-state index >= 15 is 0 Å². The molecule has 0 radical (unpaired) electrons. The number of amides is 1. The number of rotatable bonds is 5. The summed E-state index contributed by atoms with van der Waals surface area (Å²) >= 11 is 0. The first kappa shape index (κ1) is 24.3. The Morgan fingerprint density at radius 3 is 2.66 bits per heavy atom. The maximum atomic E-state index is 13.4. The van der Waals surface area contributed by atoms with Crippen molar-refractivity contribution < 1.29 is 27.4 Å². The Balaban J connectivity index is 1.16. The summed E-state index contributed by atoms with van der Waals surface area (Å²) in [6, 6.07) is 3.35. The number of aromatic nitrogens is 5. The van der Waals surface area contributed by atoms with Crippen molar-refractivity contribution in [2.45, 2.75) is 37.5 Å². The van der Waals surface area contributed by atoms with Gasteiger partial charge in [-0.25, -0.2) is 19.9 Å². The average Bonchev–Trinajstić information content (AvgIpc) is 3.41. The minimum Gasteiger partial charge on any atom is -0.436 e. The molecule has 0 bridgehead atoms. The first-order valence-corrected chi connectivity index (χ1v) is 12.0. The van der Waals surface area contributed by atoms with Crippen LogP contribution in [-0.2, 0) is 28.7 Å². The van der Waals surface area contributed by atoms with Crippen LogP contribution in [0.3, 0.4) is 0 Å². The number of carbonyl (C=O) groups excluding carboxylic acids is 1. The molecule has 3 aliphatic heterocycles. The molecule has 3 aliphatic rings. The van der Waals surface area contributed by atoms with Crippen molar-refractivity contribution in [3.63, 3.8) is 0 Å². The van der Waals surface area contributed by atoms with E-state index in [0.29, 0.717) is 44.5 Å². The summed E-state index contributed by atoms with van der Waals surface area (Å²) in [5, 5.41) is 3.23. The van der Waals surface area contributed by atoms with Crippen molar-refractivity contribution in [2.24, 2.45) is 0 Å². The minimum absolute atomic E-state index is 0.0369. The van der Waals surface area contributed by atoms with E-state index in [1.165, 1.54) is 0 Å². The second-order valence-electron chi connectivity index (χ2n) is 9.32. The molecule has 1 fully saturated rings. The fourth-order valence-electron chi connectivity index (χ4n) is 4.95. The van der Waals surface area contributed by atoms with Crippen LogP contribution < -0.4 is 19.9 Å². The van der Waals surface area contributed by atoms with Gasteiger partial charge in [-0.15, -0.1) is 0 Å². The summed E-state index contributed by atoms with van der Waals surface area (Å²) < 4.78 is 48.9. The molecular weight excluding hydrogens is 505 g/mol. The largest absolute Gasteiger partial charge is 0.451 e. The lowest BCUT2D eigenvalue weighted by Gasteiger charge is -2.47. The third kappa shape index (κ3) is 4.14. The zero-order valence-electron chi connectivity index (χ0n) is 20.3. The molecule has 0 unspecified atom stereocenters. The van der Waals surface area contributed by atoms with Crippen molar-refractivity contribution in [1.29, 1.82) is 0 Å². The van der Waals surface area contributed by atoms with Gasteiger partial charge in [0.2, 0.25) is 17.7 Å². The maximum Gasteiger partial charge on any atom is 0.451 e. The molecule has 1 amide bonds. The lowest BCUT2D eigenvalue weighted by molar-refractivity contribution is -0.145. The van der Waals surface area contributed by atoms with Crippen molar-refractivity contribution in [2.75, 3.05) is 41.9 Å². The van der Waals surface area contributed by atoms with E-state index in [9.17, 15) is 18.0 Å². The third-order valence-corrected chi connectivity index (χ3v) is 6.96. The smallest absolute Gasteiger partial charge is 0.436 e. The molecule has 1 atom stereocenters. The normalized spacial score (nSPS) is 20.6. The van der Waals surface area contributed by atoms with Crippen molar-refractivity contribution in [1.82, 2.24) is 24.9 Å². The van der Waals surface area contributed by atoms with Crippen LogP contribution in [-0.4, -0.2) is 63.2 Å². The zero-order chi connectivity index (χ0) is 26.5. The van der Waals surface area contributed by atoms with Gasteiger partial charge in [-0.1, -0.05) is 6.07 Å². The number of aryl methyl sites for hydroxylation is 1. The Morgan fingerprint density at radius 1 is 1.16 bits per heavy atom. The molecule has 6 rings (SSSR count). The number of anilines is 3. The molecule has 14 heteroatoms. The first-order chi connectivity index (χ1) is 18.2. The molecule has 0 aromatic carbocycles. The van der Waals surface area contributed by atoms with Crippen LogP contribution >= 0.6 is 0 Å².